The van der Waals surface area contributed by atoms with E-state index in [1.165, 1.54) is 20.1 Å². The van der Waals surface area contributed by atoms with Gasteiger partial charge in [-0.25, -0.2) is 4.79 Å². The summed E-state index contributed by atoms with van der Waals surface area (Å²) in [5.74, 6) is -5.10. The summed E-state index contributed by atoms with van der Waals surface area (Å²) in [4.78, 5) is 58.0. The van der Waals surface area contributed by atoms with E-state index in [-0.39, 0.29) is 48.0 Å². The lowest BCUT2D eigenvalue weighted by Crippen LogP contribution is -2.60. The first-order valence-electron chi connectivity index (χ1n) is 19.9. The summed E-state index contributed by atoms with van der Waals surface area (Å²) < 4.78 is 38.0. The van der Waals surface area contributed by atoms with Gasteiger partial charge in [-0.15, -0.1) is 0 Å². The summed E-state index contributed by atoms with van der Waals surface area (Å²) in [5, 5.41) is 12.1. The van der Waals surface area contributed by atoms with Crippen molar-refractivity contribution in [1.29, 1.82) is 0 Å². The molecule has 0 amide bonds. The zero-order valence-corrected chi connectivity index (χ0v) is 37.5. The molecule has 0 saturated carbocycles. The third kappa shape index (κ3) is 11.0. The number of cyclic esters (lactones) is 1. The van der Waals surface area contributed by atoms with E-state index in [4.69, 9.17) is 28.1 Å². The average molecular weight is 804 g/mol. The van der Waals surface area contributed by atoms with Crippen LogP contribution in [-0.2, 0) is 42.5 Å². The Morgan fingerprint density at radius 3 is 2.20 bits per heavy atom. The molecule has 1 N–H and O–H groups in total. The molecular weight excluding hydrogens is 735 g/mol. The van der Waals surface area contributed by atoms with E-state index in [1.54, 1.807) is 65.0 Å². The summed E-state index contributed by atoms with van der Waals surface area (Å²) in [6.07, 6.45) is -2.34. The predicted octanol–water partition coefficient (Wildman–Crippen LogP) is 6.54. The fourth-order valence-electron chi connectivity index (χ4n) is 7.50. The van der Waals surface area contributed by atoms with E-state index in [0.717, 1.165) is 0 Å². The minimum atomic E-state index is -2.40. The highest BCUT2D eigenvalue weighted by Gasteiger charge is 2.51. The van der Waals surface area contributed by atoms with Gasteiger partial charge in [-0.3, -0.25) is 14.4 Å². The van der Waals surface area contributed by atoms with Crippen molar-refractivity contribution in [3.05, 3.63) is 47.5 Å². The molecule has 0 aliphatic carbocycles. The molecule has 3 rings (SSSR count). The maximum absolute atomic E-state index is 14.5. The highest BCUT2D eigenvalue weighted by molar-refractivity contribution is 6.74. The Bertz CT molecular complexity index is 1560. The highest BCUT2D eigenvalue weighted by Crippen LogP contribution is 2.40. The van der Waals surface area contributed by atoms with Crippen LogP contribution in [0.5, 0.6) is 0 Å². The molecule has 0 bridgehead atoms. The van der Waals surface area contributed by atoms with Crippen molar-refractivity contribution in [3.8, 4) is 0 Å². The molecule has 11 atom stereocenters. The maximum atomic E-state index is 14.5. The van der Waals surface area contributed by atoms with Gasteiger partial charge in [0.25, 0.3) is 0 Å². The second-order valence-electron chi connectivity index (χ2n) is 18.0. The molecule has 1 saturated heterocycles. The lowest BCUT2D eigenvalue weighted by Gasteiger charge is -2.47. The Kier molecular flexibility index (Phi) is 16.0. The summed E-state index contributed by atoms with van der Waals surface area (Å²) in [5.41, 5.74) is -2.54. The Morgan fingerprint density at radius 2 is 1.66 bits per heavy atom. The van der Waals surface area contributed by atoms with Crippen molar-refractivity contribution in [3.63, 3.8) is 0 Å². The number of methoxy groups -OCH3 is 1. The average Bonchev–Trinajstić information content (AvgIpc) is 3.13. The van der Waals surface area contributed by atoms with Crippen LogP contribution in [0.25, 0.3) is 0 Å². The number of likely N-dealkylation sites (N-methyl/N-ethyl adjacent to an activating group) is 1. The van der Waals surface area contributed by atoms with Gasteiger partial charge in [0.1, 0.15) is 17.6 Å². The van der Waals surface area contributed by atoms with Crippen LogP contribution in [0.15, 0.2) is 42.0 Å². The van der Waals surface area contributed by atoms with Crippen LogP contribution in [0, 0.1) is 17.8 Å². The number of nitrogens with zero attached hydrogens (tertiary/aromatic N) is 1. The predicted molar refractivity (Wildman–Crippen MR) is 217 cm³/mol. The largest absolute Gasteiger partial charge is 0.458 e. The molecular formula is C43H69NO11Si. The number of carbonyl (C=O) groups is 4. The number of esters is 2. The number of allylic oxidation sites excluding steroid dienone is 1. The minimum absolute atomic E-state index is 0.0958. The molecule has 56 heavy (non-hydrogen) atoms. The molecule has 0 spiro atoms. The Balaban J connectivity index is 2.14. The van der Waals surface area contributed by atoms with Crippen LogP contribution >= 0.6 is 0 Å². The van der Waals surface area contributed by atoms with E-state index in [1.807, 2.05) is 25.9 Å². The number of ether oxygens (including phenoxy) is 5. The summed E-state index contributed by atoms with van der Waals surface area (Å²) in [6.45, 7) is 22.1. The first-order valence-corrected chi connectivity index (χ1v) is 22.9. The number of benzene rings is 1. The van der Waals surface area contributed by atoms with Crippen LogP contribution in [0.2, 0.25) is 18.1 Å². The van der Waals surface area contributed by atoms with Crippen molar-refractivity contribution in [2.24, 2.45) is 17.8 Å². The van der Waals surface area contributed by atoms with Crippen molar-refractivity contribution in [1.82, 2.24) is 4.90 Å². The van der Waals surface area contributed by atoms with Crippen molar-refractivity contribution in [2.75, 3.05) is 27.8 Å². The molecule has 2 aliphatic rings. The number of carbonyl (C=O) groups excluding carboxylic acids is 4. The third-order valence-electron chi connectivity index (χ3n) is 12.2. The number of hydrogen-bond donors (Lipinski definition) is 1. The van der Waals surface area contributed by atoms with E-state index in [0.29, 0.717) is 12.0 Å². The van der Waals surface area contributed by atoms with Gasteiger partial charge in [0, 0.05) is 18.9 Å². The molecule has 0 aromatic heterocycles. The molecule has 316 valence electrons. The number of aliphatic hydroxyl groups is 1. The standard InChI is InChI=1S/C43H69NO11Si/c1-16-33-43(49,25-51-56(14,15)41(7,8)9)24-27(3)34(45)26(2)23-42(10,50-13)37(29(5)35(46)30(6)38(47)53-33)55-40-36(32(44(11)12)22-28(4)52-40)54-39(48)31-20-18-17-19-21-31/h17-21,24,26,28-30,32-33,36-37,40,49H,16,22-23,25H2,1-15H3/b27-24+/t26-,28-,29+,30-,32+,33-,36-,37-,40+,42-,43-/m1/s1. The summed E-state index contributed by atoms with van der Waals surface area (Å²) in [6, 6.07) is 8.31. The molecule has 1 aromatic carbocycles. The van der Waals surface area contributed by atoms with Gasteiger partial charge in [-0.2, -0.15) is 0 Å². The SMILES string of the molecule is CC[C@H]1OC(=O)[C@H](C)C(=O)[C@H](C)[C@@H](O[C@@H]2O[C@H](C)C[C@H](N(C)C)[C@H]2OC(=O)c2ccccc2)[C@](C)(OC)C[C@@H](C)C(=O)/C(C)=C/[C@@]1(O)CO[Si](C)(C)C(C)(C)C. The number of hydrogen-bond acceptors (Lipinski definition) is 12. The lowest BCUT2D eigenvalue weighted by atomic mass is 9.77. The number of rotatable bonds is 10. The second-order valence-corrected chi connectivity index (χ2v) is 22.8. The lowest BCUT2D eigenvalue weighted by molar-refractivity contribution is -0.294. The monoisotopic (exact) mass is 803 g/mol. The van der Waals surface area contributed by atoms with Crippen molar-refractivity contribution >= 4 is 31.8 Å². The first-order chi connectivity index (χ1) is 25.8. The van der Waals surface area contributed by atoms with Gasteiger partial charge < -0.3 is 38.1 Å². The first kappa shape index (κ1) is 47.6. The maximum Gasteiger partial charge on any atom is 0.338 e. The molecule has 12 nitrogen and oxygen atoms in total. The van der Waals surface area contributed by atoms with Crippen LogP contribution in [-0.4, -0.2) is 118 Å². The molecule has 2 aliphatic heterocycles. The third-order valence-corrected chi connectivity index (χ3v) is 16.7. The van der Waals surface area contributed by atoms with E-state index >= 15 is 0 Å². The Hall–Kier alpha value is -2.78. The van der Waals surface area contributed by atoms with Gasteiger partial charge in [0.15, 0.2) is 32.3 Å². The fourth-order valence-corrected chi connectivity index (χ4v) is 8.52. The zero-order valence-electron chi connectivity index (χ0n) is 36.5. The highest BCUT2D eigenvalue weighted by atomic mass is 28.4. The molecule has 2 heterocycles. The van der Waals surface area contributed by atoms with Crippen LogP contribution in [0.1, 0.15) is 98.9 Å². The van der Waals surface area contributed by atoms with Crippen LogP contribution in [0.3, 0.4) is 0 Å². The van der Waals surface area contributed by atoms with Crippen molar-refractivity contribution in [2.45, 2.75) is 155 Å². The molecule has 1 fully saturated rings. The van der Waals surface area contributed by atoms with Gasteiger partial charge >= 0.3 is 11.9 Å². The number of Topliss-reactive ketones (excluding diaryl/α,β-unsaturated/α-hetero) is 2. The van der Waals surface area contributed by atoms with E-state index in [2.05, 4.69) is 33.9 Å². The topological polar surface area (TPSA) is 147 Å². The molecule has 0 unspecified atom stereocenters. The minimum Gasteiger partial charge on any atom is -0.458 e. The van der Waals surface area contributed by atoms with Gasteiger partial charge in [0.05, 0.1) is 36.0 Å². The normalized spacial score (nSPS) is 35.3. The molecule has 1 aromatic rings. The van der Waals surface area contributed by atoms with Crippen LogP contribution < -0.4 is 0 Å². The summed E-state index contributed by atoms with van der Waals surface area (Å²) >= 11 is 0. The van der Waals surface area contributed by atoms with Gasteiger partial charge in [0.2, 0.25) is 0 Å². The van der Waals surface area contributed by atoms with Crippen LogP contribution in [0.4, 0.5) is 0 Å². The smallest absolute Gasteiger partial charge is 0.338 e. The molecule has 0 radical (unpaired) electrons. The fraction of sp³-hybridized carbons (Fsp3) is 0.721. The van der Waals surface area contributed by atoms with Gasteiger partial charge in [-0.05, 0) is 103 Å². The summed E-state index contributed by atoms with van der Waals surface area (Å²) in [7, 11) is 2.85. The quantitative estimate of drug-likeness (QED) is 0.156. The van der Waals surface area contributed by atoms with E-state index in [9.17, 15) is 24.3 Å². The Morgan fingerprint density at radius 1 is 1.05 bits per heavy atom. The second kappa shape index (κ2) is 18.9. The van der Waals surface area contributed by atoms with Crippen molar-refractivity contribution < 1.29 is 52.4 Å². The Labute approximate surface area is 336 Å². The van der Waals surface area contributed by atoms with E-state index < -0.39 is 79.6 Å². The molecule has 13 heteroatoms. The van der Waals surface area contributed by atoms with Gasteiger partial charge in [-0.1, -0.05) is 59.7 Å². The number of ketones is 2. The zero-order chi connectivity index (χ0) is 42.6.